The van der Waals surface area contributed by atoms with E-state index in [0.717, 1.165) is 6.07 Å². The summed E-state index contributed by atoms with van der Waals surface area (Å²) in [6, 6.07) is 6.92. The van der Waals surface area contributed by atoms with Crippen LogP contribution in [0.1, 0.15) is 43.4 Å². The molecule has 0 saturated heterocycles. The molecule has 1 aliphatic rings. The van der Waals surface area contributed by atoms with E-state index < -0.39 is 17.6 Å². The fraction of sp³-hybridized carbons (Fsp3) is 0.316. The molecular formula is C19H16F2N4. The van der Waals surface area contributed by atoms with Gasteiger partial charge >= 0.3 is 0 Å². The Kier molecular flexibility index (Phi) is 4.91. The molecule has 0 aliphatic carbocycles. The summed E-state index contributed by atoms with van der Waals surface area (Å²) < 4.78 is 29.2. The lowest BCUT2D eigenvalue weighted by Crippen LogP contribution is -2.26. The van der Waals surface area contributed by atoms with Crippen LogP contribution >= 0.6 is 0 Å². The molecule has 1 aliphatic heterocycles. The van der Waals surface area contributed by atoms with Gasteiger partial charge in [-0.1, -0.05) is 6.92 Å². The smallest absolute Gasteiger partial charge is 0.147 e. The molecular weight excluding hydrogens is 322 g/mol. The molecule has 126 valence electrons. The first-order chi connectivity index (χ1) is 11.8. The van der Waals surface area contributed by atoms with Crippen LogP contribution in [-0.2, 0) is 6.42 Å². The van der Waals surface area contributed by atoms with Crippen LogP contribution in [0.25, 0.3) is 0 Å². The van der Waals surface area contributed by atoms with E-state index in [1.807, 2.05) is 12.1 Å². The molecule has 0 spiro atoms. The minimum Gasteiger partial charge on any atom is -0.350 e. The third-order valence-corrected chi connectivity index (χ3v) is 4.71. The molecule has 0 radical (unpaired) electrons. The predicted octanol–water partition coefficient (Wildman–Crippen LogP) is 4.02. The van der Waals surface area contributed by atoms with Crippen molar-refractivity contribution in [2.75, 3.05) is 7.05 Å². The first kappa shape index (κ1) is 18.2. The van der Waals surface area contributed by atoms with Gasteiger partial charge in [0.1, 0.15) is 17.7 Å². The summed E-state index contributed by atoms with van der Waals surface area (Å²) in [7, 11) is 1.72. The zero-order chi connectivity index (χ0) is 18.9. The van der Waals surface area contributed by atoms with Crippen molar-refractivity contribution in [2.45, 2.75) is 33.1 Å². The highest BCUT2D eigenvalue weighted by atomic mass is 19.1. The molecule has 1 aromatic rings. The van der Waals surface area contributed by atoms with Gasteiger partial charge in [0.05, 0.1) is 34.8 Å². The second kappa shape index (κ2) is 6.75. The Labute approximate surface area is 145 Å². The molecule has 4 nitrogen and oxygen atoms in total. The second-order valence-electron chi connectivity index (χ2n) is 5.80. The highest BCUT2D eigenvalue weighted by Crippen LogP contribution is 2.42. The van der Waals surface area contributed by atoms with E-state index in [-0.39, 0.29) is 34.3 Å². The summed E-state index contributed by atoms with van der Waals surface area (Å²) in [5, 5.41) is 28.3. The van der Waals surface area contributed by atoms with Gasteiger partial charge in [-0.15, -0.1) is 0 Å². The van der Waals surface area contributed by atoms with Crippen LogP contribution < -0.4 is 0 Å². The average molecular weight is 338 g/mol. The SMILES string of the molecule is CCc1c(F)c(C#N)cc(C2C(C#N)=C(C)N(C)C(C)=C2C#N)c1F. The van der Waals surface area contributed by atoms with Crippen molar-refractivity contribution in [2.24, 2.45) is 0 Å². The molecule has 1 heterocycles. The Balaban J connectivity index is 2.91. The number of hydrogen-bond donors (Lipinski definition) is 0. The van der Waals surface area contributed by atoms with Crippen molar-refractivity contribution >= 4 is 0 Å². The number of benzene rings is 1. The lowest BCUT2D eigenvalue weighted by atomic mass is 9.79. The summed E-state index contributed by atoms with van der Waals surface area (Å²) in [4.78, 5) is 1.70. The normalized spacial score (nSPS) is 15.1. The predicted molar refractivity (Wildman–Crippen MR) is 87.6 cm³/mol. The van der Waals surface area contributed by atoms with E-state index in [4.69, 9.17) is 5.26 Å². The maximum absolute atomic E-state index is 15.0. The van der Waals surface area contributed by atoms with Gasteiger partial charge in [-0.2, -0.15) is 15.8 Å². The zero-order valence-corrected chi connectivity index (χ0v) is 14.4. The number of allylic oxidation sites excluding steroid dienone is 4. The maximum atomic E-state index is 15.0. The Morgan fingerprint density at radius 3 is 1.92 bits per heavy atom. The van der Waals surface area contributed by atoms with Crippen molar-refractivity contribution in [1.82, 2.24) is 4.90 Å². The van der Waals surface area contributed by atoms with Gasteiger partial charge in [0, 0.05) is 29.6 Å². The minimum absolute atomic E-state index is 0.0188. The molecule has 25 heavy (non-hydrogen) atoms. The van der Waals surface area contributed by atoms with E-state index in [1.54, 1.807) is 38.8 Å². The molecule has 0 atom stereocenters. The molecule has 0 unspecified atom stereocenters. The van der Waals surface area contributed by atoms with Crippen molar-refractivity contribution in [3.05, 3.63) is 56.9 Å². The highest BCUT2D eigenvalue weighted by molar-refractivity contribution is 5.57. The van der Waals surface area contributed by atoms with Crippen molar-refractivity contribution in [3.8, 4) is 18.2 Å². The van der Waals surface area contributed by atoms with E-state index in [2.05, 4.69) is 0 Å². The fourth-order valence-corrected chi connectivity index (χ4v) is 3.09. The van der Waals surface area contributed by atoms with Gasteiger partial charge in [-0.3, -0.25) is 0 Å². The van der Waals surface area contributed by atoms with Gasteiger partial charge in [-0.25, -0.2) is 8.78 Å². The standard InChI is InChI=1S/C19H16F2N4/c1-5-13-18(20)12(7-22)6-14(19(13)21)17-15(8-23)10(2)25(4)11(3)16(17)9-24/h6,17H,5H2,1-4H3. The Morgan fingerprint density at radius 2 is 1.52 bits per heavy atom. The first-order valence-corrected chi connectivity index (χ1v) is 7.70. The van der Waals surface area contributed by atoms with Gasteiger partial charge in [0.15, 0.2) is 0 Å². The average Bonchev–Trinajstić information content (AvgIpc) is 2.60. The van der Waals surface area contributed by atoms with Gasteiger partial charge in [0.2, 0.25) is 0 Å². The van der Waals surface area contributed by atoms with E-state index in [0.29, 0.717) is 11.4 Å². The Bertz CT molecular complexity index is 898. The molecule has 0 aromatic heterocycles. The Hall–Kier alpha value is -3.17. The van der Waals surface area contributed by atoms with E-state index in [1.165, 1.54) is 0 Å². The zero-order valence-electron chi connectivity index (χ0n) is 14.4. The molecule has 0 saturated carbocycles. The molecule has 0 bridgehead atoms. The van der Waals surface area contributed by atoms with Crippen LogP contribution in [-0.4, -0.2) is 11.9 Å². The summed E-state index contributed by atoms with van der Waals surface area (Å²) in [6.07, 6.45) is 0.0575. The van der Waals surface area contributed by atoms with Crippen molar-refractivity contribution < 1.29 is 8.78 Å². The summed E-state index contributed by atoms with van der Waals surface area (Å²) in [5.74, 6) is -2.66. The number of nitriles is 3. The summed E-state index contributed by atoms with van der Waals surface area (Å²) in [6.45, 7) is 4.99. The number of rotatable bonds is 2. The second-order valence-corrected chi connectivity index (χ2v) is 5.80. The number of hydrogen-bond acceptors (Lipinski definition) is 4. The molecule has 2 rings (SSSR count). The summed E-state index contributed by atoms with van der Waals surface area (Å²) in [5.41, 5.74) is 1.07. The van der Waals surface area contributed by atoms with Crippen LogP contribution in [0.15, 0.2) is 28.6 Å². The van der Waals surface area contributed by atoms with Gasteiger partial charge in [0.25, 0.3) is 0 Å². The lowest BCUT2D eigenvalue weighted by Gasteiger charge is -2.33. The third kappa shape index (κ3) is 2.65. The maximum Gasteiger partial charge on any atom is 0.147 e. The molecule has 0 amide bonds. The van der Waals surface area contributed by atoms with Gasteiger partial charge in [-0.05, 0) is 26.3 Å². The topological polar surface area (TPSA) is 74.6 Å². The van der Waals surface area contributed by atoms with Crippen LogP contribution in [0.5, 0.6) is 0 Å². The van der Waals surface area contributed by atoms with Crippen molar-refractivity contribution in [1.29, 1.82) is 15.8 Å². The molecule has 6 heteroatoms. The van der Waals surface area contributed by atoms with E-state index in [9.17, 15) is 19.3 Å². The molecule has 0 fully saturated rings. The monoisotopic (exact) mass is 338 g/mol. The van der Waals surface area contributed by atoms with Crippen LogP contribution in [0, 0.1) is 45.6 Å². The van der Waals surface area contributed by atoms with Gasteiger partial charge < -0.3 is 4.90 Å². The molecule has 1 aromatic carbocycles. The number of nitrogens with zero attached hydrogens (tertiary/aromatic N) is 4. The first-order valence-electron chi connectivity index (χ1n) is 7.70. The van der Waals surface area contributed by atoms with Crippen LogP contribution in [0.2, 0.25) is 0 Å². The lowest BCUT2D eigenvalue weighted by molar-refractivity contribution is 0.484. The highest BCUT2D eigenvalue weighted by Gasteiger charge is 2.35. The summed E-state index contributed by atoms with van der Waals surface area (Å²) >= 11 is 0. The molecule has 0 N–H and O–H groups in total. The van der Waals surface area contributed by atoms with E-state index >= 15 is 0 Å². The van der Waals surface area contributed by atoms with Crippen LogP contribution in [0.4, 0.5) is 8.78 Å². The third-order valence-electron chi connectivity index (χ3n) is 4.71. The minimum atomic E-state index is -0.954. The van der Waals surface area contributed by atoms with Crippen molar-refractivity contribution in [3.63, 3.8) is 0 Å². The fourth-order valence-electron chi connectivity index (χ4n) is 3.09. The Morgan fingerprint density at radius 1 is 1.00 bits per heavy atom. The number of halogens is 2. The van der Waals surface area contributed by atoms with Crippen LogP contribution in [0.3, 0.4) is 0 Å². The quantitative estimate of drug-likeness (QED) is 0.816. The largest absolute Gasteiger partial charge is 0.350 e.